The number of terminal acetylenes is 1. The van der Waals surface area contributed by atoms with Gasteiger partial charge in [-0.2, -0.15) is 0 Å². The van der Waals surface area contributed by atoms with Crippen LogP contribution in [0.4, 0.5) is 0 Å². The molecule has 0 fully saturated rings. The first-order valence-corrected chi connectivity index (χ1v) is 12.5. The summed E-state index contributed by atoms with van der Waals surface area (Å²) < 4.78 is 13.6. The summed E-state index contributed by atoms with van der Waals surface area (Å²) in [5, 5.41) is 1.92. The average Bonchev–Trinajstić information content (AvgIpc) is 3.41. The van der Waals surface area contributed by atoms with Crippen LogP contribution in [-0.4, -0.2) is 23.8 Å². The Bertz CT molecular complexity index is 1460. The second kappa shape index (κ2) is 9.91. The van der Waals surface area contributed by atoms with Crippen molar-refractivity contribution in [2.75, 3.05) is 13.2 Å². The highest BCUT2D eigenvalue weighted by Crippen LogP contribution is 2.33. The number of thiazole rings is 1. The number of fused-ring (bicyclic) bond motifs is 1. The molecule has 1 aliphatic rings. The van der Waals surface area contributed by atoms with Crippen LogP contribution < -0.4 is 19.6 Å². The molecule has 0 spiro atoms. The lowest BCUT2D eigenvalue weighted by molar-refractivity contribution is -0.139. The van der Waals surface area contributed by atoms with Crippen molar-refractivity contribution in [2.45, 2.75) is 19.9 Å². The number of rotatable bonds is 6. The van der Waals surface area contributed by atoms with Crippen molar-refractivity contribution >= 4 is 50.6 Å². The van der Waals surface area contributed by atoms with Crippen molar-refractivity contribution in [1.82, 2.24) is 4.57 Å². The van der Waals surface area contributed by atoms with Gasteiger partial charge in [-0.3, -0.25) is 9.36 Å². The van der Waals surface area contributed by atoms with Crippen LogP contribution in [0.15, 0.2) is 61.2 Å². The van der Waals surface area contributed by atoms with Crippen LogP contribution in [0.3, 0.4) is 0 Å². The smallest absolute Gasteiger partial charge is 0.338 e. The molecule has 0 saturated heterocycles. The molecule has 33 heavy (non-hydrogen) atoms. The normalized spacial score (nSPS) is 15.6. The molecule has 3 heterocycles. The highest BCUT2D eigenvalue weighted by molar-refractivity contribution is 9.10. The highest BCUT2D eigenvalue weighted by Gasteiger charge is 2.33. The summed E-state index contributed by atoms with van der Waals surface area (Å²) in [7, 11) is 0. The minimum absolute atomic E-state index is 0.168. The number of hydrogen-bond acceptors (Lipinski definition) is 7. The molecule has 0 aliphatic carbocycles. The van der Waals surface area contributed by atoms with Crippen LogP contribution in [0.25, 0.3) is 6.08 Å². The topological polar surface area (TPSA) is 69.9 Å². The van der Waals surface area contributed by atoms with E-state index in [0.717, 1.165) is 14.9 Å². The molecule has 1 aliphatic heterocycles. The number of nitrogens with zero attached hydrogens (tertiary/aromatic N) is 2. The molecule has 0 N–H and O–H groups in total. The first kappa shape index (κ1) is 23.2. The predicted molar refractivity (Wildman–Crippen MR) is 133 cm³/mol. The van der Waals surface area contributed by atoms with Crippen molar-refractivity contribution in [3.8, 4) is 18.1 Å². The van der Waals surface area contributed by atoms with Gasteiger partial charge in [0.15, 0.2) is 4.80 Å². The zero-order valence-electron chi connectivity index (χ0n) is 17.8. The summed E-state index contributed by atoms with van der Waals surface area (Å²) in [4.78, 5) is 32.3. The summed E-state index contributed by atoms with van der Waals surface area (Å²) in [6.45, 7) is 3.94. The zero-order valence-corrected chi connectivity index (χ0v) is 21.1. The van der Waals surface area contributed by atoms with E-state index in [1.165, 1.54) is 22.7 Å². The zero-order chi connectivity index (χ0) is 23.5. The number of carbonyl (C=O) groups is 1. The third-order valence-corrected chi connectivity index (χ3v) is 7.42. The summed E-state index contributed by atoms with van der Waals surface area (Å²) >= 11 is 6.25. The molecule has 9 heteroatoms. The van der Waals surface area contributed by atoms with Gasteiger partial charge in [-0.15, -0.1) is 17.8 Å². The van der Waals surface area contributed by atoms with Gasteiger partial charge in [0.1, 0.15) is 18.4 Å². The quantitative estimate of drug-likeness (QED) is 0.352. The monoisotopic (exact) mass is 542 g/mol. The molecule has 168 valence electrons. The van der Waals surface area contributed by atoms with Crippen molar-refractivity contribution in [3.63, 3.8) is 0 Å². The number of ether oxygens (including phenoxy) is 2. The Hall–Kier alpha value is -2.93. The van der Waals surface area contributed by atoms with Gasteiger partial charge in [-0.1, -0.05) is 29.4 Å². The van der Waals surface area contributed by atoms with Crippen molar-refractivity contribution in [3.05, 3.63) is 81.6 Å². The van der Waals surface area contributed by atoms with E-state index in [1.807, 2.05) is 29.6 Å². The van der Waals surface area contributed by atoms with Crippen LogP contribution in [0.5, 0.6) is 5.75 Å². The minimum Gasteiger partial charge on any atom is -0.480 e. The van der Waals surface area contributed by atoms with Gasteiger partial charge in [0.05, 0.1) is 26.9 Å². The molecule has 4 rings (SSSR count). The number of esters is 1. The predicted octanol–water partition coefficient (Wildman–Crippen LogP) is 3.63. The van der Waals surface area contributed by atoms with Gasteiger partial charge < -0.3 is 9.47 Å². The van der Waals surface area contributed by atoms with Gasteiger partial charge in [-0.25, -0.2) is 9.79 Å². The molecule has 0 bridgehead atoms. The Morgan fingerprint density at radius 3 is 2.88 bits per heavy atom. The van der Waals surface area contributed by atoms with Crippen LogP contribution in [0.1, 0.15) is 30.3 Å². The molecular formula is C24H19BrN2O4S2. The molecule has 2 aromatic heterocycles. The van der Waals surface area contributed by atoms with Gasteiger partial charge in [-0.05, 0) is 65.0 Å². The minimum atomic E-state index is -0.575. The Kier molecular flexibility index (Phi) is 6.98. The molecule has 0 unspecified atom stereocenters. The van der Waals surface area contributed by atoms with Gasteiger partial charge in [0.2, 0.25) is 0 Å². The lowest BCUT2D eigenvalue weighted by atomic mass is 10.0. The Morgan fingerprint density at radius 2 is 2.21 bits per heavy atom. The van der Waals surface area contributed by atoms with Gasteiger partial charge >= 0.3 is 5.97 Å². The van der Waals surface area contributed by atoms with E-state index in [4.69, 9.17) is 15.9 Å². The van der Waals surface area contributed by atoms with E-state index >= 15 is 0 Å². The molecule has 0 radical (unpaired) electrons. The highest BCUT2D eigenvalue weighted by atomic mass is 79.9. The van der Waals surface area contributed by atoms with Crippen LogP contribution >= 0.6 is 38.6 Å². The molecular weight excluding hydrogens is 524 g/mol. The third kappa shape index (κ3) is 4.60. The van der Waals surface area contributed by atoms with Crippen LogP contribution in [0, 0.1) is 12.3 Å². The average molecular weight is 543 g/mol. The number of benzene rings is 1. The molecule has 6 nitrogen and oxygen atoms in total. The number of aromatic nitrogens is 1. The number of allylic oxidation sites excluding steroid dienone is 1. The second-order valence-electron chi connectivity index (χ2n) is 7.00. The van der Waals surface area contributed by atoms with E-state index in [1.54, 1.807) is 30.6 Å². The first-order chi connectivity index (χ1) is 15.9. The standard InChI is InChI=1S/C24H19BrN2O4S2/c1-4-10-31-17-9-8-15(12-16(17)25)13-19-22(28)27-21(18-7-6-11-32-18)20(23(29)30-5-2)14(3)26-24(27)33-19/h1,6-9,11-13,21H,5,10H2,2-3H3/b19-13-/t21-/m1/s1. The molecule has 0 amide bonds. The summed E-state index contributed by atoms with van der Waals surface area (Å²) in [6, 6.07) is 8.73. The molecule has 1 atom stereocenters. The third-order valence-electron chi connectivity index (χ3n) is 4.89. The number of halogens is 1. The maximum absolute atomic E-state index is 13.5. The van der Waals surface area contributed by atoms with E-state index in [0.29, 0.717) is 26.4 Å². The lowest BCUT2D eigenvalue weighted by Crippen LogP contribution is -2.39. The number of hydrogen-bond donors (Lipinski definition) is 0. The van der Waals surface area contributed by atoms with E-state index in [9.17, 15) is 9.59 Å². The SMILES string of the molecule is C#CCOc1ccc(/C=c2\sc3n(c2=O)[C@H](c2cccs2)C(C(=O)OCC)=C(C)N=3)cc1Br. The molecule has 0 saturated carbocycles. The van der Waals surface area contributed by atoms with E-state index < -0.39 is 12.0 Å². The van der Waals surface area contributed by atoms with Crippen LogP contribution in [-0.2, 0) is 9.53 Å². The lowest BCUT2D eigenvalue weighted by Gasteiger charge is -2.23. The van der Waals surface area contributed by atoms with E-state index in [-0.39, 0.29) is 18.8 Å². The number of carbonyl (C=O) groups excluding carboxylic acids is 1. The van der Waals surface area contributed by atoms with Crippen molar-refractivity contribution in [2.24, 2.45) is 4.99 Å². The van der Waals surface area contributed by atoms with Crippen molar-refractivity contribution < 1.29 is 14.3 Å². The molecule has 3 aromatic rings. The number of thiophene rings is 1. The fourth-order valence-corrected chi connectivity index (χ4v) is 5.88. The Morgan fingerprint density at radius 1 is 1.39 bits per heavy atom. The fourth-order valence-electron chi connectivity index (χ4n) is 3.50. The van der Waals surface area contributed by atoms with Gasteiger partial charge in [0.25, 0.3) is 5.56 Å². The largest absolute Gasteiger partial charge is 0.480 e. The molecule has 1 aromatic carbocycles. The fraction of sp³-hybridized carbons (Fsp3) is 0.208. The Balaban J connectivity index is 1.84. The summed E-state index contributed by atoms with van der Waals surface area (Å²) in [5.74, 6) is 2.60. The van der Waals surface area contributed by atoms with Gasteiger partial charge in [0, 0.05) is 4.88 Å². The maximum Gasteiger partial charge on any atom is 0.338 e. The second-order valence-corrected chi connectivity index (χ2v) is 9.84. The summed E-state index contributed by atoms with van der Waals surface area (Å²) in [5.41, 5.74) is 1.54. The van der Waals surface area contributed by atoms with E-state index in [2.05, 4.69) is 26.8 Å². The Labute approximate surface area is 206 Å². The summed E-state index contributed by atoms with van der Waals surface area (Å²) in [6.07, 6.45) is 7.05. The maximum atomic E-state index is 13.5. The first-order valence-electron chi connectivity index (χ1n) is 10.0. The van der Waals surface area contributed by atoms with Crippen LogP contribution in [0.2, 0.25) is 0 Å². The van der Waals surface area contributed by atoms with Crippen molar-refractivity contribution in [1.29, 1.82) is 0 Å².